The summed E-state index contributed by atoms with van der Waals surface area (Å²) in [5.41, 5.74) is 16.8. The van der Waals surface area contributed by atoms with Gasteiger partial charge in [-0.25, -0.2) is 0 Å². The minimum atomic E-state index is -0.325. The molecule has 0 radical (unpaired) electrons. The van der Waals surface area contributed by atoms with E-state index in [0.717, 1.165) is 17.1 Å². The van der Waals surface area contributed by atoms with Crippen LogP contribution in [0.2, 0.25) is 0 Å². The van der Waals surface area contributed by atoms with Gasteiger partial charge < -0.3 is 4.90 Å². The lowest BCUT2D eigenvalue weighted by molar-refractivity contribution is 0.714. The van der Waals surface area contributed by atoms with Crippen molar-refractivity contribution in [3.63, 3.8) is 0 Å². The first-order valence-electron chi connectivity index (χ1n) is 20.5. The summed E-state index contributed by atoms with van der Waals surface area (Å²) < 4.78 is 0. The average molecular weight is 752 g/mol. The lowest BCUT2D eigenvalue weighted by Crippen LogP contribution is -2.22. The number of benzene rings is 10. The largest absolute Gasteiger partial charge is 0.309 e. The van der Waals surface area contributed by atoms with Crippen molar-refractivity contribution in [3.8, 4) is 44.5 Å². The minimum absolute atomic E-state index is 0.325. The molecule has 1 unspecified atom stereocenters. The van der Waals surface area contributed by atoms with Crippen LogP contribution < -0.4 is 4.90 Å². The maximum Gasteiger partial charge on any atom is 0.0543 e. The van der Waals surface area contributed by atoms with Crippen LogP contribution in [0.5, 0.6) is 0 Å². The summed E-state index contributed by atoms with van der Waals surface area (Å²) in [7, 11) is 0. The van der Waals surface area contributed by atoms with Crippen molar-refractivity contribution in [2.45, 2.75) is 12.3 Å². The molecule has 59 heavy (non-hydrogen) atoms. The summed E-state index contributed by atoms with van der Waals surface area (Å²) in [6.45, 7) is 2.40. The summed E-state index contributed by atoms with van der Waals surface area (Å²) in [5.74, 6) is 0. The normalized spacial score (nSPS) is 14.3. The smallest absolute Gasteiger partial charge is 0.0543 e. The van der Waals surface area contributed by atoms with Gasteiger partial charge in [0.2, 0.25) is 0 Å². The van der Waals surface area contributed by atoms with Gasteiger partial charge in [-0.15, -0.1) is 0 Å². The Bertz CT molecular complexity index is 3160. The van der Waals surface area contributed by atoms with E-state index >= 15 is 0 Å². The molecule has 0 saturated carbocycles. The van der Waals surface area contributed by atoms with E-state index in [2.05, 4.69) is 242 Å². The Morgan fingerprint density at radius 2 is 0.898 bits per heavy atom. The first-order valence-corrected chi connectivity index (χ1v) is 20.5. The second-order valence-corrected chi connectivity index (χ2v) is 15.8. The molecule has 0 amide bonds. The highest BCUT2D eigenvalue weighted by atomic mass is 15.1. The van der Waals surface area contributed by atoms with Crippen LogP contribution in [-0.4, -0.2) is 0 Å². The predicted molar refractivity (Wildman–Crippen MR) is 250 cm³/mol. The van der Waals surface area contributed by atoms with Gasteiger partial charge in [0.15, 0.2) is 0 Å². The van der Waals surface area contributed by atoms with Crippen molar-refractivity contribution in [3.05, 3.63) is 247 Å². The van der Waals surface area contributed by atoms with Crippen LogP contribution in [0.1, 0.15) is 23.6 Å². The zero-order valence-electron chi connectivity index (χ0n) is 32.9. The molecule has 1 heteroatoms. The lowest BCUT2D eigenvalue weighted by atomic mass is 9.74. The SMILES string of the molecule is CC1(c2ccccc2)c2ccccc2-c2c(N(c3ccc(-c4ccc5ccccc5c4)cc3)c3ccccc3-c3cccc4cccc(-c5ccccc5)c34)cccc21. The molecule has 0 bridgehead atoms. The maximum absolute atomic E-state index is 2.51. The van der Waals surface area contributed by atoms with Gasteiger partial charge in [0.25, 0.3) is 0 Å². The molecule has 0 saturated heterocycles. The molecular weight excluding hydrogens is 711 g/mol. The first kappa shape index (κ1) is 34.7. The molecule has 0 fully saturated rings. The van der Waals surface area contributed by atoms with Crippen molar-refractivity contribution in [2.75, 3.05) is 4.90 Å². The predicted octanol–water partition coefficient (Wildman–Crippen LogP) is 15.8. The van der Waals surface area contributed by atoms with Gasteiger partial charge in [-0.3, -0.25) is 0 Å². The Morgan fingerprint density at radius 1 is 0.339 bits per heavy atom. The quantitative estimate of drug-likeness (QED) is 0.157. The number of rotatable bonds is 7. The molecule has 278 valence electrons. The molecular formula is C58H41N. The van der Waals surface area contributed by atoms with Gasteiger partial charge in [0.05, 0.1) is 11.4 Å². The van der Waals surface area contributed by atoms with Crippen LogP contribution in [0.15, 0.2) is 231 Å². The number of para-hydroxylation sites is 1. The molecule has 1 aliphatic rings. The molecule has 1 aliphatic carbocycles. The highest BCUT2D eigenvalue weighted by molar-refractivity contribution is 6.09. The van der Waals surface area contributed by atoms with Crippen molar-refractivity contribution in [1.82, 2.24) is 0 Å². The molecule has 0 aromatic heterocycles. The molecule has 11 rings (SSSR count). The molecule has 10 aromatic rings. The van der Waals surface area contributed by atoms with E-state index in [1.165, 1.54) is 82.7 Å². The highest BCUT2D eigenvalue weighted by Crippen LogP contribution is 2.57. The summed E-state index contributed by atoms with van der Waals surface area (Å²) in [6.07, 6.45) is 0. The number of nitrogens with zero attached hydrogens (tertiary/aromatic N) is 1. The third kappa shape index (κ3) is 5.69. The second kappa shape index (κ2) is 14.2. The third-order valence-electron chi connectivity index (χ3n) is 12.5. The third-order valence-corrected chi connectivity index (χ3v) is 12.5. The fourth-order valence-electron chi connectivity index (χ4n) is 9.69. The van der Waals surface area contributed by atoms with Crippen molar-refractivity contribution in [1.29, 1.82) is 0 Å². The van der Waals surface area contributed by atoms with Crippen molar-refractivity contribution >= 4 is 38.6 Å². The molecule has 0 heterocycles. The van der Waals surface area contributed by atoms with E-state index < -0.39 is 0 Å². The molecule has 1 nitrogen and oxygen atoms in total. The van der Waals surface area contributed by atoms with E-state index in [1.807, 2.05) is 0 Å². The fourth-order valence-corrected chi connectivity index (χ4v) is 9.69. The zero-order valence-corrected chi connectivity index (χ0v) is 32.9. The van der Waals surface area contributed by atoms with E-state index in [4.69, 9.17) is 0 Å². The molecule has 1 atom stereocenters. The Morgan fingerprint density at radius 3 is 1.69 bits per heavy atom. The van der Waals surface area contributed by atoms with Gasteiger partial charge in [-0.05, 0) is 109 Å². The van der Waals surface area contributed by atoms with Crippen LogP contribution in [0, 0.1) is 0 Å². The topological polar surface area (TPSA) is 3.24 Å². The summed E-state index contributed by atoms with van der Waals surface area (Å²) in [5, 5.41) is 4.97. The van der Waals surface area contributed by atoms with Crippen LogP contribution >= 0.6 is 0 Å². The molecule has 0 aliphatic heterocycles. The van der Waals surface area contributed by atoms with E-state index in [1.54, 1.807) is 0 Å². The monoisotopic (exact) mass is 751 g/mol. The van der Waals surface area contributed by atoms with Crippen molar-refractivity contribution in [2.24, 2.45) is 0 Å². The Hall–Kier alpha value is -7.48. The van der Waals surface area contributed by atoms with E-state index in [9.17, 15) is 0 Å². The lowest BCUT2D eigenvalue weighted by Gasteiger charge is -2.32. The summed E-state index contributed by atoms with van der Waals surface area (Å²) in [6, 6.07) is 84.6. The van der Waals surface area contributed by atoms with Gasteiger partial charge >= 0.3 is 0 Å². The number of anilines is 3. The Balaban J connectivity index is 1.16. The van der Waals surface area contributed by atoms with Crippen LogP contribution in [0.25, 0.3) is 66.1 Å². The molecule has 10 aromatic carbocycles. The van der Waals surface area contributed by atoms with Gasteiger partial charge in [-0.2, -0.15) is 0 Å². The van der Waals surface area contributed by atoms with Gasteiger partial charge in [0, 0.05) is 22.2 Å². The van der Waals surface area contributed by atoms with Gasteiger partial charge in [0.1, 0.15) is 0 Å². The van der Waals surface area contributed by atoms with Crippen LogP contribution in [-0.2, 0) is 5.41 Å². The first-order chi connectivity index (χ1) is 29.2. The number of hydrogen-bond acceptors (Lipinski definition) is 1. The molecule has 0 spiro atoms. The Labute approximate surface area is 346 Å². The van der Waals surface area contributed by atoms with E-state index in [0.29, 0.717) is 0 Å². The van der Waals surface area contributed by atoms with Crippen LogP contribution in [0.4, 0.5) is 17.1 Å². The summed E-state index contributed by atoms with van der Waals surface area (Å²) >= 11 is 0. The summed E-state index contributed by atoms with van der Waals surface area (Å²) in [4.78, 5) is 2.51. The van der Waals surface area contributed by atoms with E-state index in [-0.39, 0.29) is 5.41 Å². The zero-order chi connectivity index (χ0) is 39.3. The van der Waals surface area contributed by atoms with Gasteiger partial charge in [-0.1, -0.05) is 200 Å². The van der Waals surface area contributed by atoms with Crippen LogP contribution in [0.3, 0.4) is 0 Å². The highest BCUT2D eigenvalue weighted by Gasteiger charge is 2.42. The maximum atomic E-state index is 2.51. The standard InChI is InChI=1S/C58H41N/c1-58(46-23-6-3-7-24-46)52-29-12-10-26-51(52)57-53(58)30-16-32-55(57)59(47-37-35-41(36-38-47)45-34-33-40-17-8-9-20-44(40)39-45)54-31-13-11-25-49(54)50-28-15-22-43-21-14-27-48(56(43)50)42-18-4-2-5-19-42/h2-39H,1H3. The number of fused-ring (bicyclic) bond motifs is 5. The Kier molecular flexibility index (Phi) is 8.34. The second-order valence-electron chi connectivity index (χ2n) is 15.8. The fraction of sp³-hybridized carbons (Fsp3) is 0.0345. The molecule has 0 N–H and O–H groups in total. The minimum Gasteiger partial charge on any atom is -0.309 e. The average Bonchev–Trinajstić information content (AvgIpc) is 3.58. The number of hydrogen-bond donors (Lipinski definition) is 0. The van der Waals surface area contributed by atoms with Crippen molar-refractivity contribution < 1.29 is 0 Å².